The summed E-state index contributed by atoms with van der Waals surface area (Å²) < 4.78 is 21.6. The molecule has 1 unspecified atom stereocenters. The lowest BCUT2D eigenvalue weighted by Crippen LogP contribution is -2.52. The van der Waals surface area contributed by atoms with Gasteiger partial charge in [0.1, 0.15) is 18.4 Å². The average molecular weight is 439 g/mol. The number of amides is 3. The average Bonchev–Trinajstić information content (AvgIpc) is 3.22. The molecule has 0 aliphatic carbocycles. The Morgan fingerprint density at radius 3 is 2.37 bits per heavy atom. The Morgan fingerprint density at radius 1 is 1.07 bits per heavy atom. The van der Waals surface area contributed by atoms with Crippen molar-refractivity contribution in [2.45, 2.75) is 31.9 Å². The first-order valence-electron chi connectivity index (χ1n) is 8.79. The summed E-state index contributed by atoms with van der Waals surface area (Å²) in [5.41, 5.74) is 0.645. The van der Waals surface area contributed by atoms with Crippen LogP contribution in [0.1, 0.15) is 18.2 Å². The van der Waals surface area contributed by atoms with Crippen molar-refractivity contribution in [2.24, 2.45) is 0 Å². The maximum absolute atomic E-state index is 12.3. The summed E-state index contributed by atoms with van der Waals surface area (Å²) in [6.07, 6.45) is 0.233. The van der Waals surface area contributed by atoms with E-state index in [-0.39, 0.29) is 13.2 Å². The lowest BCUT2D eigenvalue weighted by Gasteiger charge is -2.21. The van der Waals surface area contributed by atoms with E-state index in [1.54, 1.807) is 42.5 Å². The minimum atomic E-state index is -5.09. The van der Waals surface area contributed by atoms with Crippen LogP contribution in [-0.4, -0.2) is 39.5 Å². The first kappa shape index (κ1) is 23.1. The minimum Gasteiger partial charge on any atom is -0.467 e. The van der Waals surface area contributed by atoms with Gasteiger partial charge in [-0.1, -0.05) is 30.3 Å². The van der Waals surface area contributed by atoms with Crippen LogP contribution in [0.15, 0.2) is 53.1 Å². The number of benzene rings is 1. The molecular formula is C18H22N3O8P. The quantitative estimate of drug-likeness (QED) is 0.358. The Balaban J connectivity index is 1.89. The molecule has 2 aromatic rings. The monoisotopic (exact) mass is 439 g/mol. The molecule has 12 heteroatoms. The first-order chi connectivity index (χ1) is 14.2. The number of hydrogen-bond donors (Lipinski definition) is 5. The fourth-order valence-electron chi connectivity index (χ4n) is 2.28. The van der Waals surface area contributed by atoms with Crippen molar-refractivity contribution in [1.29, 1.82) is 0 Å². The molecule has 1 aromatic carbocycles. The second kappa shape index (κ2) is 10.6. The van der Waals surface area contributed by atoms with Gasteiger partial charge >= 0.3 is 13.7 Å². The molecule has 0 saturated heterocycles. The van der Waals surface area contributed by atoms with Crippen LogP contribution in [0.2, 0.25) is 0 Å². The molecule has 0 radical (unpaired) electrons. The highest BCUT2D eigenvalue weighted by molar-refractivity contribution is 7.53. The molecule has 5 N–H and O–H groups in total. The van der Waals surface area contributed by atoms with E-state index in [0.29, 0.717) is 11.3 Å². The summed E-state index contributed by atoms with van der Waals surface area (Å²) in [7, 11) is -5.09. The second-order valence-electron chi connectivity index (χ2n) is 6.23. The normalized spacial score (nSPS) is 13.0. The number of carbonyl (C=O) groups is 3. The van der Waals surface area contributed by atoms with Crippen LogP contribution in [0.3, 0.4) is 0 Å². The van der Waals surface area contributed by atoms with Crippen molar-refractivity contribution in [3.8, 4) is 0 Å². The third kappa shape index (κ3) is 7.36. The Labute approximate surface area is 172 Å². The third-order valence-electron chi connectivity index (χ3n) is 3.82. The van der Waals surface area contributed by atoms with Crippen molar-refractivity contribution in [3.63, 3.8) is 0 Å². The van der Waals surface area contributed by atoms with Crippen molar-refractivity contribution < 1.29 is 37.9 Å². The van der Waals surface area contributed by atoms with E-state index in [9.17, 15) is 28.7 Å². The number of nitrogens with one attached hydrogen (secondary N) is 3. The molecule has 2 atom stereocenters. The fraction of sp³-hybridized carbons (Fsp3) is 0.278. The smallest absolute Gasteiger partial charge is 0.408 e. The predicted molar refractivity (Wildman–Crippen MR) is 104 cm³/mol. The number of furan rings is 1. The first-order valence-corrected chi connectivity index (χ1v) is 10.5. The Hall–Kier alpha value is -3.14. The summed E-state index contributed by atoms with van der Waals surface area (Å²) >= 11 is 0. The van der Waals surface area contributed by atoms with Gasteiger partial charge in [0.15, 0.2) is 0 Å². The topological polar surface area (TPSA) is 167 Å². The van der Waals surface area contributed by atoms with E-state index in [1.165, 1.54) is 13.2 Å². The minimum absolute atomic E-state index is 0.0675. The number of rotatable bonds is 9. The van der Waals surface area contributed by atoms with E-state index in [0.717, 1.165) is 0 Å². The Kier molecular flexibility index (Phi) is 8.16. The summed E-state index contributed by atoms with van der Waals surface area (Å²) in [4.78, 5) is 55.1. The van der Waals surface area contributed by atoms with Crippen molar-refractivity contribution >= 4 is 25.5 Å². The largest absolute Gasteiger partial charge is 0.467 e. The molecule has 0 saturated carbocycles. The van der Waals surface area contributed by atoms with Crippen molar-refractivity contribution in [3.05, 3.63) is 60.1 Å². The van der Waals surface area contributed by atoms with Crippen LogP contribution in [0, 0.1) is 0 Å². The number of carbonyl (C=O) groups excluding carboxylic acids is 3. The standard InChI is InChI=1S/C18H22N3O8P/c1-12(15(22)19-10-14-8-5-9-28-14)20-16(23)17(30(25,26)27)21-18(24)29-11-13-6-3-2-4-7-13/h2-9,12,17H,10-11H2,1H3,(H,19,22)(H,20,23)(H,21,24)(H2,25,26,27)/t12-,17?/m0/s1. The summed E-state index contributed by atoms with van der Waals surface area (Å²) in [5, 5.41) is 6.49. The highest BCUT2D eigenvalue weighted by atomic mass is 31.2. The van der Waals surface area contributed by atoms with Gasteiger partial charge in [0, 0.05) is 0 Å². The number of ether oxygens (including phenoxy) is 1. The summed E-state index contributed by atoms with van der Waals surface area (Å²) in [5.74, 6) is -3.59. The zero-order valence-electron chi connectivity index (χ0n) is 16.0. The molecule has 0 aliphatic heterocycles. The highest BCUT2D eigenvalue weighted by Crippen LogP contribution is 2.39. The van der Waals surface area contributed by atoms with Gasteiger partial charge in [0.05, 0.1) is 12.8 Å². The van der Waals surface area contributed by atoms with E-state index in [4.69, 9.17) is 9.15 Å². The van der Waals surface area contributed by atoms with E-state index < -0.39 is 37.3 Å². The molecule has 0 spiro atoms. The van der Waals surface area contributed by atoms with Crippen LogP contribution in [0.25, 0.3) is 0 Å². The van der Waals surface area contributed by atoms with Crippen LogP contribution in [0.5, 0.6) is 0 Å². The molecule has 0 fully saturated rings. The van der Waals surface area contributed by atoms with Crippen LogP contribution < -0.4 is 16.0 Å². The second-order valence-corrected chi connectivity index (χ2v) is 7.92. The van der Waals surface area contributed by atoms with E-state index >= 15 is 0 Å². The third-order valence-corrected chi connectivity index (χ3v) is 4.86. The fourth-order valence-corrected chi connectivity index (χ4v) is 2.93. The molecular weight excluding hydrogens is 417 g/mol. The molecule has 0 aliphatic rings. The lowest BCUT2D eigenvalue weighted by molar-refractivity contribution is -0.128. The van der Waals surface area contributed by atoms with Crippen LogP contribution in [-0.2, 0) is 32.0 Å². The van der Waals surface area contributed by atoms with Crippen LogP contribution >= 0.6 is 7.60 Å². The molecule has 3 amide bonds. The van der Waals surface area contributed by atoms with E-state index in [1.807, 2.05) is 5.32 Å². The van der Waals surface area contributed by atoms with Crippen molar-refractivity contribution in [2.75, 3.05) is 0 Å². The summed E-state index contributed by atoms with van der Waals surface area (Å²) in [6.45, 7) is 1.23. The van der Waals surface area contributed by atoms with Gasteiger partial charge < -0.3 is 29.6 Å². The zero-order valence-corrected chi connectivity index (χ0v) is 16.9. The van der Waals surface area contributed by atoms with Gasteiger partial charge in [0.2, 0.25) is 11.7 Å². The summed E-state index contributed by atoms with van der Waals surface area (Å²) in [6, 6.07) is 10.7. The van der Waals surface area contributed by atoms with Gasteiger partial charge in [-0.15, -0.1) is 0 Å². The number of alkyl carbamates (subject to hydrolysis) is 1. The maximum Gasteiger partial charge on any atom is 0.408 e. The number of hydrogen-bond acceptors (Lipinski definition) is 6. The Morgan fingerprint density at radius 2 is 1.77 bits per heavy atom. The molecule has 11 nitrogen and oxygen atoms in total. The molecule has 1 heterocycles. The van der Waals surface area contributed by atoms with Gasteiger partial charge in [-0.25, -0.2) is 4.79 Å². The van der Waals surface area contributed by atoms with Crippen molar-refractivity contribution in [1.82, 2.24) is 16.0 Å². The molecule has 2 rings (SSSR count). The molecule has 1 aromatic heterocycles. The maximum atomic E-state index is 12.3. The van der Waals surface area contributed by atoms with Gasteiger partial charge in [-0.05, 0) is 24.6 Å². The highest BCUT2D eigenvalue weighted by Gasteiger charge is 2.38. The Bertz CT molecular complexity index is 897. The van der Waals surface area contributed by atoms with Crippen LogP contribution in [0.4, 0.5) is 4.79 Å². The van der Waals surface area contributed by atoms with E-state index in [2.05, 4.69) is 10.6 Å². The SMILES string of the molecule is C[C@H](NC(=O)C(NC(=O)OCc1ccccc1)P(=O)(O)O)C(=O)NCc1ccco1. The molecule has 30 heavy (non-hydrogen) atoms. The molecule has 0 bridgehead atoms. The molecule has 162 valence electrons. The zero-order chi connectivity index (χ0) is 22.1. The van der Waals surface area contributed by atoms with Gasteiger partial charge in [0.25, 0.3) is 5.91 Å². The van der Waals surface area contributed by atoms with Gasteiger partial charge in [-0.2, -0.15) is 0 Å². The predicted octanol–water partition coefficient (Wildman–Crippen LogP) is 0.831. The lowest BCUT2D eigenvalue weighted by atomic mass is 10.2. The van der Waals surface area contributed by atoms with Gasteiger partial charge in [-0.3, -0.25) is 19.5 Å².